The Balaban J connectivity index is 2.65. The van der Waals surface area contributed by atoms with Crippen molar-refractivity contribution in [2.45, 2.75) is 18.9 Å². The van der Waals surface area contributed by atoms with Gasteiger partial charge in [-0.3, -0.25) is 4.79 Å². The second-order valence-corrected chi connectivity index (χ2v) is 5.94. The van der Waals surface area contributed by atoms with Crippen molar-refractivity contribution in [3.63, 3.8) is 0 Å². The van der Waals surface area contributed by atoms with E-state index in [-0.39, 0.29) is 39.1 Å². The van der Waals surface area contributed by atoms with Crippen molar-refractivity contribution in [3.8, 4) is 0 Å². The fourth-order valence-electron chi connectivity index (χ4n) is 1.63. The molecule has 1 aliphatic rings. The number of hydrogen-bond donors (Lipinski definition) is 2. The molecule has 0 unspecified atom stereocenters. The molecular formula is C9H17N3O6S. The van der Waals surface area contributed by atoms with Gasteiger partial charge in [0.25, 0.3) is 0 Å². The molecule has 0 spiro atoms. The molecule has 1 rings (SSSR count). The predicted octanol–water partition coefficient (Wildman–Crippen LogP) is -4.49. The number of aliphatic carboxylic acids is 1. The molecule has 19 heavy (non-hydrogen) atoms. The van der Waals surface area contributed by atoms with E-state index >= 15 is 0 Å². The second-order valence-electron chi connectivity index (χ2n) is 4.12. The topological polar surface area (TPSA) is 146 Å². The lowest BCUT2D eigenvalue weighted by Gasteiger charge is -2.26. The summed E-state index contributed by atoms with van der Waals surface area (Å²) in [5, 5.41) is 10.9. The Labute approximate surface area is 110 Å². The molecule has 0 aromatic heterocycles. The zero-order valence-electron chi connectivity index (χ0n) is 10.3. The number of morpholine rings is 1. The molecule has 1 aliphatic heterocycles. The highest BCUT2D eigenvalue weighted by Gasteiger charge is 2.31. The largest absolute Gasteiger partial charge is 0.544 e. The first-order valence-corrected chi connectivity index (χ1v) is 7.25. The number of carboxylic acids is 1. The molecule has 1 atom stereocenters. The lowest BCUT2D eigenvalue weighted by molar-refractivity contribution is -0.545. The van der Waals surface area contributed by atoms with Crippen LogP contribution < -0.4 is 15.6 Å². The molecule has 0 aliphatic carbocycles. The van der Waals surface area contributed by atoms with E-state index in [9.17, 15) is 23.1 Å². The Hall–Kier alpha value is -1.23. The third kappa shape index (κ3) is 5.11. The van der Waals surface area contributed by atoms with Crippen LogP contribution in [-0.4, -0.2) is 56.9 Å². The number of carbonyl (C=O) groups is 2. The zero-order valence-corrected chi connectivity index (χ0v) is 11.1. The van der Waals surface area contributed by atoms with E-state index in [1.165, 1.54) is 0 Å². The fraction of sp³-hybridized carbons (Fsp3) is 0.778. The van der Waals surface area contributed by atoms with E-state index in [0.717, 1.165) is 4.31 Å². The van der Waals surface area contributed by atoms with Crippen LogP contribution in [0.15, 0.2) is 0 Å². The maximum Gasteiger partial charge on any atom is 0.370 e. The summed E-state index contributed by atoms with van der Waals surface area (Å²) >= 11 is 0. The first-order valence-electron chi connectivity index (χ1n) is 5.75. The molecule has 110 valence electrons. The Morgan fingerprint density at radius 2 is 1.95 bits per heavy atom. The maximum absolute atomic E-state index is 12.0. The molecule has 10 heteroatoms. The number of hydrogen-bond acceptors (Lipinski definition) is 6. The average Bonchev–Trinajstić information content (AvgIpc) is 2.35. The molecule has 0 radical (unpaired) electrons. The molecule has 0 bridgehead atoms. The van der Waals surface area contributed by atoms with Gasteiger partial charge >= 0.3 is 10.2 Å². The summed E-state index contributed by atoms with van der Waals surface area (Å²) < 4.78 is 30.8. The van der Waals surface area contributed by atoms with Crippen LogP contribution in [0.3, 0.4) is 0 Å². The minimum Gasteiger partial charge on any atom is -0.544 e. The van der Waals surface area contributed by atoms with E-state index in [4.69, 9.17) is 10.5 Å². The standard InChI is InChI=1S/C9H17N3O6S/c10-8(13)2-1-7(9(14)15)11-19(16,17)12-3-5-18-6-4-12/h7,11H,1-6H2,(H2,10,13)(H,14,15)/t7-/m0/s1. The molecule has 0 aromatic carbocycles. The van der Waals surface area contributed by atoms with Gasteiger partial charge in [0.2, 0.25) is 5.91 Å². The SMILES string of the molecule is NC(=O)CC[C@H]([NH2+]S(=O)(=O)N1CCOCC1)C(=O)[O-]. The van der Waals surface area contributed by atoms with Gasteiger partial charge in [-0.25, -0.2) is 4.72 Å². The van der Waals surface area contributed by atoms with Gasteiger partial charge in [0, 0.05) is 25.9 Å². The van der Waals surface area contributed by atoms with Crippen molar-refractivity contribution < 1.29 is 32.6 Å². The highest BCUT2D eigenvalue weighted by atomic mass is 32.2. The number of rotatable bonds is 7. The van der Waals surface area contributed by atoms with Crippen LogP contribution >= 0.6 is 0 Å². The molecule has 1 saturated heterocycles. The quantitative estimate of drug-likeness (QED) is 0.484. The highest BCUT2D eigenvalue weighted by Crippen LogP contribution is 2.00. The van der Waals surface area contributed by atoms with Gasteiger partial charge < -0.3 is 20.4 Å². The van der Waals surface area contributed by atoms with Gasteiger partial charge in [-0.2, -0.15) is 12.7 Å². The second kappa shape index (κ2) is 6.80. The first-order chi connectivity index (χ1) is 8.83. The van der Waals surface area contributed by atoms with Gasteiger partial charge in [0.05, 0.1) is 13.2 Å². The fourth-order valence-corrected chi connectivity index (χ4v) is 3.13. The van der Waals surface area contributed by atoms with Gasteiger partial charge in [-0.15, -0.1) is 0 Å². The van der Waals surface area contributed by atoms with Crippen LogP contribution in [0.4, 0.5) is 0 Å². The lowest BCUT2D eigenvalue weighted by Crippen LogP contribution is -2.97. The van der Waals surface area contributed by atoms with Crippen LogP contribution in [0.25, 0.3) is 0 Å². The summed E-state index contributed by atoms with van der Waals surface area (Å²) in [5.41, 5.74) is 4.90. The van der Waals surface area contributed by atoms with Crippen LogP contribution in [0.5, 0.6) is 0 Å². The summed E-state index contributed by atoms with van der Waals surface area (Å²) in [4.78, 5) is 21.5. The minimum absolute atomic E-state index is 0.175. The van der Waals surface area contributed by atoms with Crippen molar-refractivity contribution in [1.29, 1.82) is 0 Å². The molecule has 4 N–H and O–H groups in total. The number of quaternary nitrogens is 1. The van der Waals surface area contributed by atoms with Crippen molar-refractivity contribution in [1.82, 2.24) is 4.31 Å². The van der Waals surface area contributed by atoms with Gasteiger partial charge in [0.1, 0.15) is 12.0 Å². The summed E-state index contributed by atoms with van der Waals surface area (Å²) in [6, 6.07) is -1.36. The van der Waals surface area contributed by atoms with Gasteiger partial charge in [-0.05, 0) is 0 Å². The summed E-state index contributed by atoms with van der Waals surface area (Å²) in [6.07, 6.45) is -0.408. The van der Waals surface area contributed by atoms with Crippen LogP contribution in [0, 0.1) is 0 Å². The summed E-state index contributed by atoms with van der Waals surface area (Å²) in [7, 11) is -3.82. The molecule has 1 heterocycles. The number of carboxylic acid groups (broad SMARTS) is 1. The predicted molar refractivity (Wildman–Crippen MR) is 60.5 cm³/mol. The van der Waals surface area contributed by atoms with Crippen molar-refractivity contribution in [2.75, 3.05) is 26.3 Å². The van der Waals surface area contributed by atoms with E-state index in [1.54, 1.807) is 0 Å². The van der Waals surface area contributed by atoms with Crippen molar-refractivity contribution in [3.05, 3.63) is 0 Å². The number of ether oxygens (including phenoxy) is 1. The number of amides is 1. The lowest BCUT2D eigenvalue weighted by atomic mass is 10.2. The van der Waals surface area contributed by atoms with E-state index in [1.807, 2.05) is 0 Å². The number of nitrogens with zero attached hydrogens (tertiary/aromatic N) is 1. The molecular weight excluding hydrogens is 278 g/mol. The average molecular weight is 295 g/mol. The van der Waals surface area contributed by atoms with Crippen LogP contribution in [-0.2, 0) is 24.5 Å². The van der Waals surface area contributed by atoms with Crippen LogP contribution in [0.2, 0.25) is 0 Å². The van der Waals surface area contributed by atoms with Crippen LogP contribution in [0.1, 0.15) is 12.8 Å². The maximum atomic E-state index is 12.0. The third-order valence-corrected chi connectivity index (χ3v) is 4.43. The van der Waals surface area contributed by atoms with Gasteiger partial charge in [-0.1, -0.05) is 0 Å². The monoisotopic (exact) mass is 295 g/mol. The highest BCUT2D eigenvalue weighted by molar-refractivity contribution is 7.82. The smallest absolute Gasteiger partial charge is 0.370 e. The normalized spacial score (nSPS) is 18.9. The number of carbonyl (C=O) groups excluding carboxylic acids is 2. The molecule has 1 fully saturated rings. The van der Waals surface area contributed by atoms with E-state index in [0.29, 0.717) is 4.72 Å². The summed E-state index contributed by atoms with van der Waals surface area (Å²) in [5.74, 6) is -2.23. The Kier molecular flexibility index (Phi) is 5.66. The molecule has 9 nitrogen and oxygen atoms in total. The zero-order chi connectivity index (χ0) is 14.5. The minimum atomic E-state index is -3.82. The molecule has 1 amide bonds. The Morgan fingerprint density at radius 1 is 1.37 bits per heavy atom. The number of nitrogens with two attached hydrogens (primary N) is 2. The van der Waals surface area contributed by atoms with Crippen molar-refractivity contribution >= 4 is 22.1 Å². The van der Waals surface area contributed by atoms with E-state index in [2.05, 4.69) is 0 Å². The van der Waals surface area contributed by atoms with Crippen molar-refractivity contribution in [2.24, 2.45) is 5.73 Å². The number of primary amides is 1. The summed E-state index contributed by atoms with van der Waals surface area (Å²) in [6.45, 7) is 0.886. The molecule has 0 saturated carbocycles. The van der Waals surface area contributed by atoms with Gasteiger partial charge in [0.15, 0.2) is 0 Å². The third-order valence-electron chi connectivity index (χ3n) is 2.67. The first kappa shape index (κ1) is 15.8. The Morgan fingerprint density at radius 3 is 2.42 bits per heavy atom. The van der Waals surface area contributed by atoms with E-state index < -0.39 is 28.1 Å². The molecule has 0 aromatic rings. The Bertz CT molecular complexity index is 431.